The van der Waals surface area contributed by atoms with Crippen LogP contribution in [0.1, 0.15) is 64.5 Å². The number of halogens is 1. The van der Waals surface area contributed by atoms with E-state index in [0.29, 0.717) is 11.5 Å². The maximum atomic E-state index is 6.02. The standard InChI is InChI=1S/C16H26ClNS/c1-12(2)9-16(6-4-5-7-16)11-18-13(3)14-8-15(17)19-10-14/h8,10,12-13,18H,4-7,9,11H2,1-3H3. The molecule has 1 fully saturated rings. The molecule has 2 rings (SSSR count). The van der Waals surface area contributed by atoms with Crippen molar-refractivity contribution in [2.24, 2.45) is 11.3 Å². The van der Waals surface area contributed by atoms with Crippen LogP contribution in [0.5, 0.6) is 0 Å². The van der Waals surface area contributed by atoms with Crippen molar-refractivity contribution in [2.75, 3.05) is 6.54 Å². The van der Waals surface area contributed by atoms with Crippen molar-refractivity contribution in [2.45, 2.75) is 58.9 Å². The van der Waals surface area contributed by atoms with Crippen molar-refractivity contribution in [1.82, 2.24) is 5.32 Å². The third-order valence-electron chi connectivity index (χ3n) is 4.38. The number of thiophene rings is 1. The molecule has 1 N–H and O–H groups in total. The topological polar surface area (TPSA) is 12.0 Å². The molecule has 0 aromatic carbocycles. The first-order chi connectivity index (χ1) is 9.01. The normalized spacial score (nSPS) is 20.1. The van der Waals surface area contributed by atoms with Crippen molar-refractivity contribution < 1.29 is 0 Å². The summed E-state index contributed by atoms with van der Waals surface area (Å²) in [4.78, 5) is 0. The lowest BCUT2D eigenvalue weighted by atomic mass is 9.78. The maximum absolute atomic E-state index is 6.02. The molecule has 1 aromatic rings. The Bertz CT molecular complexity index is 393. The number of rotatable bonds is 6. The van der Waals surface area contributed by atoms with Crippen LogP contribution in [-0.2, 0) is 0 Å². The smallest absolute Gasteiger partial charge is 0.0931 e. The lowest BCUT2D eigenvalue weighted by molar-refractivity contribution is 0.217. The number of nitrogens with one attached hydrogen (secondary N) is 1. The summed E-state index contributed by atoms with van der Waals surface area (Å²) in [6, 6.07) is 2.50. The molecule has 1 saturated carbocycles. The van der Waals surface area contributed by atoms with E-state index < -0.39 is 0 Å². The second-order valence-electron chi connectivity index (χ2n) is 6.59. The Kier molecular flexibility index (Phi) is 5.33. The van der Waals surface area contributed by atoms with E-state index in [1.54, 1.807) is 11.3 Å². The number of hydrogen-bond acceptors (Lipinski definition) is 2. The Morgan fingerprint density at radius 2 is 2.00 bits per heavy atom. The first-order valence-electron chi connectivity index (χ1n) is 7.48. The molecule has 1 aliphatic carbocycles. The quantitative estimate of drug-likeness (QED) is 0.715. The van der Waals surface area contributed by atoms with Gasteiger partial charge in [-0.2, -0.15) is 0 Å². The van der Waals surface area contributed by atoms with Gasteiger partial charge in [-0.05, 0) is 54.5 Å². The van der Waals surface area contributed by atoms with Gasteiger partial charge in [-0.25, -0.2) is 0 Å². The van der Waals surface area contributed by atoms with Crippen LogP contribution in [0.4, 0.5) is 0 Å². The highest BCUT2D eigenvalue weighted by molar-refractivity contribution is 7.14. The molecule has 1 heterocycles. The van der Waals surface area contributed by atoms with Crippen molar-refractivity contribution in [3.63, 3.8) is 0 Å². The summed E-state index contributed by atoms with van der Waals surface area (Å²) in [5.74, 6) is 0.797. The van der Waals surface area contributed by atoms with Crippen LogP contribution in [-0.4, -0.2) is 6.54 Å². The Morgan fingerprint density at radius 1 is 1.32 bits per heavy atom. The molecule has 0 aliphatic heterocycles. The van der Waals surface area contributed by atoms with Crippen LogP contribution in [0.3, 0.4) is 0 Å². The van der Waals surface area contributed by atoms with Crippen LogP contribution in [0.25, 0.3) is 0 Å². The van der Waals surface area contributed by atoms with Gasteiger partial charge in [-0.3, -0.25) is 0 Å². The zero-order valence-electron chi connectivity index (χ0n) is 12.3. The second-order valence-corrected chi connectivity index (χ2v) is 8.13. The van der Waals surface area contributed by atoms with Crippen molar-refractivity contribution in [3.05, 3.63) is 21.3 Å². The highest BCUT2D eigenvalue weighted by Gasteiger charge is 2.34. The molecule has 1 atom stereocenters. The Hall–Kier alpha value is -0.0500. The van der Waals surface area contributed by atoms with Crippen LogP contribution in [0, 0.1) is 11.3 Å². The van der Waals surface area contributed by atoms with E-state index in [4.69, 9.17) is 11.6 Å². The Labute approximate surface area is 126 Å². The highest BCUT2D eigenvalue weighted by atomic mass is 35.5. The van der Waals surface area contributed by atoms with Gasteiger partial charge in [-0.15, -0.1) is 11.3 Å². The average Bonchev–Trinajstić information content (AvgIpc) is 2.95. The molecule has 108 valence electrons. The summed E-state index contributed by atoms with van der Waals surface area (Å²) in [6.07, 6.45) is 6.97. The van der Waals surface area contributed by atoms with Gasteiger partial charge in [0.2, 0.25) is 0 Å². The molecule has 0 saturated heterocycles. The van der Waals surface area contributed by atoms with E-state index >= 15 is 0 Å². The van der Waals surface area contributed by atoms with Gasteiger partial charge in [0.1, 0.15) is 0 Å². The fraction of sp³-hybridized carbons (Fsp3) is 0.750. The minimum atomic E-state index is 0.411. The maximum Gasteiger partial charge on any atom is 0.0931 e. The van der Waals surface area contributed by atoms with Crippen LogP contribution < -0.4 is 5.32 Å². The van der Waals surface area contributed by atoms with E-state index in [0.717, 1.165) is 16.8 Å². The average molecular weight is 300 g/mol. The zero-order chi connectivity index (χ0) is 13.9. The lowest BCUT2D eigenvalue weighted by Crippen LogP contribution is -2.34. The SMILES string of the molecule is CC(C)CC1(CNC(C)c2csc(Cl)c2)CCCC1. The molecule has 3 heteroatoms. The third kappa shape index (κ3) is 4.21. The predicted molar refractivity (Wildman–Crippen MR) is 86.1 cm³/mol. The summed E-state index contributed by atoms with van der Waals surface area (Å²) in [7, 11) is 0. The van der Waals surface area contributed by atoms with E-state index in [-0.39, 0.29) is 0 Å². The third-order valence-corrected chi connectivity index (χ3v) is 5.49. The predicted octanol–water partition coefficient (Wildman–Crippen LogP) is 5.66. The van der Waals surface area contributed by atoms with E-state index in [2.05, 4.69) is 37.5 Å². The zero-order valence-corrected chi connectivity index (χ0v) is 13.9. The summed E-state index contributed by atoms with van der Waals surface area (Å²) in [5, 5.41) is 5.92. The monoisotopic (exact) mass is 299 g/mol. The molecule has 1 nitrogen and oxygen atoms in total. The van der Waals surface area contributed by atoms with Gasteiger partial charge in [0.15, 0.2) is 0 Å². The first-order valence-corrected chi connectivity index (χ1v) is 8.74. The first kappa shape index (κ1) is 15.3. The van der Waals surface area contributed by atoms with E-state index in [1.807, 2.05) is 0 Å². The highest BCUT2D eigenvalue weighted by Crippen LogP contribution is 2.43. The van der Waals surface area contributed by atoms with Crippen LogP contribution in [0.15, 0.2) is 11.4 Å². The summed E-state index contributed by atoms with van der Waals surface area (Å²) >= 11 is 7.64. The molecule has 0 amide bonds. The summed E-state index contributed by atoms with van der Waals surface area (Å²) in [6.45, 7) is 8.10. The van der Waals surface area contributed by atoms with E-state index in [1.165, 1.54) is 37.7 Å². The molecule has 1 aromatic heterocycles. The molecule has 1 aliphatic rings. The molecular weight excluding hydrogens is 274 g/mol. The summed E-state index contributed by atoms with van der Waals surface area (Å²) in [5.41, 5.74) is 1.87. The van der Waals surface area contributed by atoms with E-state index in [9.17, 15) is 0 Å². The summed E-state index contributed by atoms with van der Waals surface area (Å²) < 4.78 is 0.890. The van der Waals surface area contributed by atoms with Gasteiger partial charge in [0, 0.05) is 12.6 Å². The van der Waals surface area contributed by atoms with Crippen LogP contribution >= 0.6 is 22.9 Å². The molecule has 19 heavy (non-hydrogen) atoms. The van der Waals surface area contributed by atoms with Crippen molar-refractivity contribution in [3.8, 4) is 0 Å². The fourth-order valence-electron chi connectivity index (χ4n) is 3.48. The van der Waals surface area contributed by atoms with Gasteiger partial charge >= 0.3 is 0 Å². The van der Waals surface area contributed by atoms with Crippen molar-refractivity contribution >= 4 is 22.9 Å². The van der Waals surface area contributed by atoms with Crippen LogP contribution in [0.2, 0.25) is 4.34 Å². The molecule has 0 spiro atoms. The van der Waals surface area contributed by atoms with Gasteiger partial charge in [0.05, 0.1) is 4.34 Å². The van der Waals surface area contributed by atoms with Gasteiger partial charge in [0.25, 0.3) is 0 Å². The molecule has 1 unspecified atom stereocenters. The van der Waals surface area contributed by atoms with Crippen molar-refractivity contribution in [1.29, 1.82) is 0 Å². The van der Waals surface area contributed by atoms with Gasteiger partial charge < -0.3 is 5.32 Å². The molecule has 0 radical (unpaired) electrons. The second kappa shape index (κ2) is 6.60. The minimum Gasteiger partial charge on any atom is -0.310 e. The Balaban J connectivity index is 1.91. The molecular formula is C16H26ClNS. The largest absolute Gasteiger partial charge is 0.310 e. The fourth-order valence-corrected chi connectivity index (χ4v) is 4.47. The van der Waals surface area contributed by atoms with Gasteiger partial charge in [-0.1, -0.05) is 38.3 Å². The molecule has 0 bridgehead atoms. The Morgan fingerprint density at radius 3 is 2.53 bits per heavy atom. The lowest BCUT2D eigenvalue weighted by Gasteiger charge is -2.32. The number of hydrogen-bond donors (Lipinski definition) is 1. The minimum absolute atomic E-state index is 0.411.